The second-order valence-corrected chi connectivity index (χ2v) is 7.25. The van der Waals surface area contributed by atoms with E-state index in [4.69, 9.17) is 5.73 Å². The lowest BCUT2D eigenvalue weighted by Gasteiger charge is -2.48. The van der Waals surface area contributed by atoms with Crippen molar-refractivity contribution in [1.82, 2.24) is 9.80 Å². The molecular weight excluding hydrogens is 318 g/mol. The van der Waals surface area contributed by atoms with Crippen molar-refractivity contribution in [2.75, 3.05) is 26.2 Å². The number of nitrogens with two attached hydrogens (primary N) is 1. The van der Waals surface area contributed by atoms with Crippen LogP contribution in [0.2, 0.25) is 0 Å². The number of carbonyl (C=O) groups excluding carboxylic acids is 3. The van der Waals surface area contributed by atoms with Crippen LogP contribution < -0.4 is 5.73 Å². The standard InChI is InChI=1S/C19H25N3O3/c20-17(24)18(25)22-11-4-9-19(14-22)10-7-16(23)21(13-19)12-8-15-5-2-1-3-6-15/h1-3,5-6H,4,7-14H2,(H2,20,24)/t19-/m0/s1. The maximum Gasteiger partial charge on any atom is 0.311 e. The predicted molar refractivity (Wildman–Crippen MR) is 93.4 cm³/mol. The fourth-order valence-electron chi connectivity index (χ4n) is 4.09. The average molecular weight is 343 g/mol. The van der Waals surface area contributed by atoms with Gasteiger partial charge in [-0.2, -0.15) is 0 Å². The molecule has 1 spiro atoms. The van der Waals surface area contributed by atoms with Gasteiger partial charge >= 0.3 is 11.8 Å². The summed E-state index contributed by atoms with van der Waals surface area (Å²) >= 11 is 0. The third-order valence-electron chi connectivity index (χ3n) is 5.42. The van der Waals surface area contributed by atoms with Crippen molar-refractivity contribution in [1.29, 1.82) is 0 Å². The Balaban J connectivity index is 1.65. The minimum Gasteiger partial charge on any atom is -0.361 e. The van der Waals surface area contributed by atoms with Gasteiger partial charge in [-0.3, -0.25) is 14.4 Å². The predicted octanol–water partition coefficient (Wildman–Crippen LogP) is 0.946. The van der Waals surface area contributed by atoms with Gasteiger partial charge in [-0.25, -0.2) is 0 Å². The minimum atomic E-state index is -0.898. The molecule has 0 aromatic heterocycles. The van der Waals surface area contributed by atoms with E-state index in [0.717, 1.165) is 25.7 Å². The number of rotatable bonds is 3. The van der Waals surface area contributed by atoms with Crippen LogP contribution in [0, 0.1) is 5.41 Å². The fourth-order valence-corrected chi connectivity index (χ4v) is 4.09. The zero-order chi connectivity index (χ0) is 17.9. The first-order valence-electron chi connectivity index (χ1n) is 8.90. The second-order valence-electron chi connectivity index (χ2n) is 7.25. The number of primary amides is 1. The number of carbonyl (C=O) groups is 3. The van der Waals surface area contributed by atoms with Gasteiger partial charge in [-0.05, 0) is 31.2 Å². The van der Waals surface area contributed by atoms with E-state index < -0.39 is 11.8 Å². The molecule has 1 aromatic carbocycles. The zero-order valence-electron chi connectivity index (χ0n) is 14.4. The maximum absolute atomic E-state index is 12.3. The van der Waals surface area contributed by atoms with Gasteiger partial charge in [-0.1, -0.05) is 30.3 Å². The Morgan fingerprint density at radius 2 is 1.88 bits per heavy atom. The van der Waals surface area contributed by atoms with Crippen molar-refractivity contribution in [3.05, 3.63) is 35.9 Å². The monoisotopic (exact) mass is 343 g/mol. The molecular formula is C19H25N3O3. The van der Waals surface area contributed by atoms with Crippen LogP contribution in [-0.2, 0) is 20.8 Å². The van der Waals surface area contributed by atoms with Crippen LogP contribution in [0.3, 0.4) is 0 Å². The molecule has 0 saturated carbocycles. The third-order valence-corrected chi connectivity index (χ3v) is 5.42. The van der Waals surface area contributed by atoms with Crippen LogP contribution in [0.4, 0.5) is 0 Å². The highest BCUT2D eigenvalue weighted by Gasteiger charge is 2.43. The van der Waals surface area contributed by atoms with Crippen LogP contribution in [0.15, 0.2) is 30.3 Å². The highest BCUT2D eigenvalue weighted by atomic mass is 16.2. The summed E-state index contributed by atoms with van der Waals surface area (Å²) in [5.41, 5.74) is 6.26. The Morgan fingerprint density at radius 3 is 2.60 bits per heavy atom. The van der Waals surface area contributed by atoms with Crippen LogP contribution in [-0.4, -0.2) is 53.7 Å². The largest absolute Gasteiger partial charge is 0.361 e. The van der Waals surface area contributed by atoms with Crippen molar-refractivity contribution < 1.29 is 14.4 Å². The summed E-state index contributed by atoms with van der Waals surface area (Å²) in [7, 11) is 0. The first-order chi connectivity index (χ1) is 12.0. The van der Waals surface area contributed by atoms with Crippen LogP contribution in [0.1, 0.15) is 31.2 Å². The number of nitrogens with zero attached hydrogens (tertiary/aromatic N) is 2. The molecule has 0 aliphatic carbocycles. The highest BCUT2D eigenvalue weighted by molar-refractivity contribution is 6.34. The summed E-state index contributed by atoms with van der Waals surface area (Å²) in [6.45, 7) is 2.43. The van der Waals surface area contributed by atoms with E-state index in [1.165, 1.54) is 5.56 Å². The molecule has 134 valence electrons. The Kier molecular flexibility index (Phi) is 5.06. The van der Waals surface area contributed by atoms with Crippen molar-refractivity contribution in [2.24, 2.45) is 11.1 Å². The molecule has 2 N–H and O–H groups in total. The van der Waals surface area contributed by atoms with E-state index in [0.29, 0.717) is 32.6 Å². The lowest BCUT2D eigenvalue weighted by atomic mass is 9.73. The number of amides is 3. The molecule has 2 aliphatic heterocycles. The molecule has 3 amide bonds. The first kappa shape index (κ1) is 17.5. The molecule has 0 bridgehead atoms. The number of likely N-dealkylation sites (tertiary alicyclic amines) is 2. The summed E-state index contributed by atoms with van der Waals surface area (Å²) in [5, 5.41) is 0. The highest BCUT2D eigenvalue weighted by Crippen LogP contribution is 2.38. The van der Waals surface area contributed by atoms with Gasteiger partial charge in [0.15, 0.2) is 0 Å². The van der Waals surface area contributed by atoms with Gasteiger partial charge in [0.1, 0.15) is 0 Å². The second kappa shape index (κ2) is 7.25. The fraction of sp³-hybridized carbons (Fsp3) is 0.526. The molecule has 2 saturated heterocycles. The summed E-state index contributed by atoms with van der Waals surface area (Å²) in [6, 6.07) is 10.1. The molecule has 1 atom stereocenters. The molecule has 0 unspecified atom stereocenters. The van der Waals surface area contributed by atoms with E-state index in [1.807, 2.05) is 23.1 Å². The Bertz CT molecular complexity index is 661. The summed E-state index contributed by atoms with van der Waals surface area (Å²) < 4.78 is 0. The lowest BCUT2D eigenvalue weighted by Crippen LogP contribution is -2.56. The molecule has 3 rings (SSSR count). The van der Waals surface area contributed by atoms with Gasteiger partial charge in [0.25, 0.3) is 0 Å². The van der Waals surface area contributed by atoms with Crippen LogP contribution >= 0.6 is 0 Å². The Labute approximate surface area is 148 Å². The molecule has 2 heterocycles. The summed E-state index contributed by atoms with van der Waals surface area (Å²) in [4.78, 5) is 39.0. The van der Waals surface area contributed by atoms with Crippen LogP contribution in [0.25, 0.3) is 0 Å². The molecule has 0 radical (unpaired) electrons. The summed E-state index contributed by atoms with van der Waals surface area (Å²) in [6.07, 6.45) is 3.93. The minimum absolute atomic E-state index is 0.103. The van der Waals surface area contributed by atoms with Crippen molar-refractivity contribution in [3.63, 3.8) is 0 Å². The van der Waals surface area contributed by atoms with Crippen molar-refractivity contribution >= 4 is 17.7 Å². The smallest absolute Gasteiger partial charge is 0.311 e. The van der Waals surface area contributed by atoms with Crippen LogP contribution in [0.5, 0.6) is 0 Å². The number of hydrogen-bond acceptors (Lipinski definition) is 3. The maximum atomic E-state index is 12.3. The number of benzene rings is 1. The van der Waals surface area contributed by atoms with Gasteiger partial charge in [0, 0.05) is 38.0 Å². The first-order valence-corrected chi connectivity index (χ1v) is 8.90. The summed E-state index contributed by atoms with van der Waals surface area (Å²) in [5.74, 6) is -1.32. The molecule has 2 aliphatic rings. The third kappa shape index (κ3) is 4.00. The lowest BCUT2D eigenvalue weighted by molar-refractivity contribution is -0.149. The number of piperidine rings is 2. The van der Waals surface area contributed by atoms with E-state index >= 15 is 0 Å². The Hall–Kier alpha value is -2.37. The SMILES string of the molecule is NC(=O)C(=O)N1CCC[C@@]2(CCC(=O)N(CCc3ccccc3)C2)C1. The van der Waals surface area contributed by atoms with Gasteiger partial charge < -0.3 is 15.5 Å². The van der Waals surface area contributed by atoms with Gasteiger partial charge in [0.05, 0.1) is 0 Å². The number of hydrogen-bond donors (Lipinski definition) is 1. The Morgan fingerprint density at radius 1 is 1.12 bits per heavy atom. The van der Waals surface area contributed by atoms with E-state index in [1.54, 1.807) is 4.90 Å². The van der Waals surface area contributed by atoms with E-state index in [-0.39, 0.29) is 11.3 Å². The zero-order valence-corrected chi connectivity index (χ0v) is 14.4. The average Bonchev–Trinajstić information content (AvgIpc) is 2.63. The van der Waals surface area contributed by atoms with E-state index in [9.17, 15) is 14.4 Å². The molecule has 25 heavy (non-hydrogen) atoms. The van der Waals surface area contributed by atoms with Crippen molar-refractivity contribution in [2.45, 2.75) is 32.1 Å². The van der Waals surface area contributed by atoms with Gasteiger partial charge in [-0.15, -0.1) is 0 Å². The quantitative estimate of drug-likeness (QED) is 0.829. The van der Waals surface area contributed by atoms with E-state index in [2.05, 4.69) is 12.1 Å². The molecule has 6 heteroatoms. The normalized spacial score (nSPS) is 23.8. The van der Waals surface area contributed by atoms with Crippen molar-refractivity contribution in [3.8, 4) is 0 Å². The topological polar surface area (TPSA) is 83.7 Å². The molecule has 6 nitrogen and oxygen atoms in total. The molecule has 1 aromatic rings. The molecule has 2 fully saturated rings. The van der Waals surface area contributed by atoms with Gasteiger partial charge in [0.2, 0.25) is 5.91 Å².